The molecule has 4 nitrogen and oxygen atoms in total. The van der Waals surface area contributed by atoms with Crippen LogP contribution in [0.25, 0.3) is 0 Å². The third-order valence-electron chi connectivity index (χ3n) is 4.28. The molecule has 1 heterocycles. The molecule has 1 saturated heterocycles. The third kappa shape index (κ3) is 4.25. The topological polar surface area (TPSA) is 44.4 Å². The Bertz CT molecular complexity index is 258. The Morgan fingerprint density at radius 3 is 2.72 bits per heavy atom. The number of likely N-dealkylation sites (N-methyl/N-ethyl adjacent to an activating group) is 1. The van der Waals surface area contributed by atoms with E-state index in [0.717, 1.165) is 32.0 Å². The zero-order chi connectivity index (χ0) is 12.8. The van der Waals surface area contributed by atoms with E-state index in [1.807, 2.05) is 11.9 Å². The average molecular weight is 253 g/mol. The van der Waals surface area contributed by atoms with Crippen molar-refractivity contribution < 1.29 is 4.79 Å². The maximum absolute atomic E-state index is 12.0. The highest BCUT2D eigenvalue weighted by Crippen LogP contribution is 2.23. The molecule has 1 amide bonds. The summed E-state index contributed by atoms with van der Waals surface area (Å²) in [5.74, 6) is 0.980. The highest BCUT2D eigenvalue weighted by atomic mass is 16.2. The highest BCUT2D eigenvalue weighted by molar-refractivity contribution is 5.78. The van der Waals surface area contributed by atoms with Crippen molar-refractivity contribution in [3.63, 3.8) is 0 Å². The summed E-state index contributed by atoms with van der Waals surface area (Å²) >= 11 is 0. The van der Waals surface area contributed by atoms with E-state index in [2.05, 4.69) is 10.6 Å². The van der Waals surface area contributed by atoms with Crippen molar-refractivity contribution in [1.82, 2.24) is 15.5 Å². The minimum Gasteiger partial charge on any atom is -0.344 e. The lowest BCUT2D eigenvalue weighted by atomic mass is 9.89. The molecule has 0 bridgehead atoms. The van der Waals surface area contributed by atoms with E-state index in [0.29, 0.717) is 12.6 Å². The molecule has 1 aliphatic carbocycles. The van der Waals surface area contributed by atoms with Crippen LogP contribution in [0.1, 0.15) is 38.5 Å². The van der Waals surface area contributed by atoms with E-state index in [9.17, 15) is 4.79 Å². The number of rotatable bonds is 5. The molecule has 1 aliphatic heterocycles. The van der Waals surface area contributed by atoms with Gasteiger partial charge >= 0.3 is 0 Å². The molecule has 0 radical (unpaired) electrons. The minimum absolute atomic E-state index is 0.243. The normalized spacial score (nSPS) is 25.3. The molecule has 2 aliphatic rings. The summed E-state index contributed by atoms with van der Waals surface area (Å²) in [6, 6.07) is 0.483. The molecule has 0 aromatic rings. The van der Waals surface area contributed by atoms with E-state index < -0.39 is 0 Å². The second kappa shape index (κ2) is 7.10. The van der Waals surface area contributed by atoms with Crippen LogP contribution in [0.2, 0.25) is 0 Å². The minimum atomic E-state index is 0.243. The van der Waals surface area contributed by atoms with E-state index in [4.69, 9.17) is 0 Å². The Kier molecular flexibility index (Phi) is 5.45. The molecule has 18 heavy (non-hydrogen) atoms. The molecule has 1 saturated carbocycles. The summed E-state index contributed by atoms with van der Waals surface area (Å²) in [5.41, 5.74) is 0. The first-order chi connectivity index (χ1) is 8.75. The number of hydrogen-bond donors (Lipinski definition) is 2. The number of nitrogens with zero attached hydrogens (tertiary/aromatic N) is 1. The smallest absolute Gasteiger partial charge is 0.236 e. The number of nitrogens with one attached hydrogen (secondary N) is 2. The van der Waals surface area contributed by atoms with Gasteiger partial charge in [0, 0.05) is 26.2 Å². The lowest BCUT2D eigenvalue weighted by molar-refractivity contribution is -0.129. The van der Waals surface area contributed by atoms with E-state index in [1.54, 1.807) is 0 Å². The number of amides is 1. The van der Waals surface area contributed by atoms with Crippen LogP contribution in [0.3, 0.4) is 0 Å². The number of carbonyl (C=O) groups is 1. The predicted octanol–water partition coefficient (Wildman–Crippen LogP) is 0.977. The molecule has 104 valence electrons. The summed E-state index contributed by atoms with van der Waals surface area (Å²) < 4.78 is 0. The van der Waals surface area contributed by atoms with Crippen LogP contribution in [-0.2, 0) is 4.79 Å². The second-order valence-electron chi connectivity index (χ2n) is 5.85. The van der Waals surface area contributed by atoms with Crippen LogP contribution in [0.15, 0.2) is 0 Å². The van der Waals surface area contributed by atoms with Crippen molar-refractivity contribution in [2.24, 2.45) is 5.92 Å². The third-order valence-corrected chi connectivity index (χ3v) is 4.28. The fraction of sp³-hybridized carbons (Fsp3) is 0.929. The number of hydrogen-bond acceptors (Lipinski definition) is 3. The highest BCUT2D eigenvalue weighted by Gasteiger charge is 2.19. The van der Waals surface area contributed by atoms with Gasteiger partial charge < -0.3 is 15.5 Å². The molecular weight excluding hydrogens is 226 g/mol. The SMILES string of the molecule is CN(CC1CCCCC1)C(=O)CNC1CCNC1. The fourth-order valence-electron chi connectivity index (χ4n) is 3.05. The summed E-state index contributed by atoms with van der Waals surface area (Å²) in [6.45, 7) is 3.52. The first-order valence-corrected chi connectivity index (χ1v) is 7.44. The van der Waals surface area contributed by atoms with Crippen LogP contribution in [0.5, 0.6) is 0 Å². The zero-order valence-corrected chi connectivity index (χ0v) is 11.6. The van der Waals surface area contributed by atoms with Gasteiger partial charge in [-0.25, -0.2) is 0 Å². The van der Waals surface area contributed by atoms with Gasteiger partial charge in [0.1, 0.15) is 0 Å². The fourth-order valence-corrected chi connectivity index (χ4v) is 3.05. The molecule has 1 unspecified atom stereocenters. The van der Waals surface area contributed by atoms with Crippen LogP contribution in [0, 0.1) is 5.92 Å². The van der Waals surface area contributed by atoms with Crippen LogP contribution < -0.4 is 10.6 Å². The molecule has 0 aromatic carbocycles. The summed E-state index contributed by atoms with van der Waals surface area (Å²) in [4.78, 5) is 13.9. The Hall–Kier alpha value is -0.610. The number of carbonyl (C=O) groups excluding carboxylic acids is 1. The van der Waals surface area contributed by atoms with Gasteiger partial charge in [-0.3, -0.25) is 4.79 Å². The van der Waals surface area contributed by atoms with Crippen LogP contribution >= 0.6 is 0 Å². The lowest BCUT2D eigenvalue weighted by Crippen LogP contribution is -2.42. The maximum Gasteiger partial charge on any atom is 0.236 e. The van der Waals surface area contributed by atoms with Gasteiger partial charge in [-0.05, 0) is 31.7 Å². The summed E-state index contributed by atoms with van der Waals surface area (Å²) in [6.07, 6.45) is 7.82. The van der Waals surface area contributed by atoms with Crippen LogP contribution in [0.4, 0.5) is 0 Å². The van der Waals surface area contributed by atoms with Crippen molar-refractivity contribution in [3.8, 4) is 0 Å². The maximum atomic E-state index is 12.0. The van der Waals surface area contributed by atoms with Gasteiger partial charge in [0.25, 0.3) is 0 Å². The second-order valence-corrected chi connectivity index (χ2v) is 5.85. The quantitative estimate of drug-likeness (QED) is 0.767. The van der Waals surface area contributed by atoms with E-state index in [-0.39, 0.29) is 5.91 Å². The first-order valence-electron chi connectivity index (χ1n) is 7.44. The Morgan fingerprint density at radius 1 is 1.28 bits per heavy atom. The first kappa shape index (κ1) is 13.8. The van der Waals surface area contributed by atoms with Gasteiger partial charge in [0.05, 0.1) is 6.54 Å². The molecule has 2 N–H and O–H groups in total. The van der Waals surface area contributed by atoms with Crippen molar-refractivity contribution in [1.29, 1.82) is 0 Å². The predicted molar refractivity (Wildman–Crippen MR) is 73.5 cm³/mol. The van der Waals surface area contributed by atoms with Crippen molar-refractivity contribution >= 4 is 5.91 Å². The Balaban J connectivity index is 1.63. The van der Waals surface area contributed by atoms with Crippen molar-refractivity contribution in [3.05, 3.63) is 0 Å². The van der Waals surface area contributed by atoms with Gasteiger partial charge in [-0.15, -0.1) is 0 Å². The monoisotopic (exact) mass is 253 g/mol. The average Bonchev–Trinajstić information content (AvgIpc) is 2.90. The molecule has 2 rings (SSSR count). The van der Waals surface area contributed by atoms with Gasteiger partial charge in [0.2, 0.25) is 5.91 Å². The van der Waals surface area contributed by atoms with Gasteiger partial charge in [-0.2, -0.15) is 0 Å². The molecular formula is C14H27N3O. The molecule has 2 fully saturated rings. The van der Waals surface area contributed by atoms with Gasteiger partial charge in [-0.1, -0.05) is 19.3 Å². The Labute approximate surface area is 110 Å². The molecule has 0 aromatic heterocycles. The summed E-state index contributed by atoms with van der Waals surface area (Å²) in [7, 11) is 1.95. The molecule has 4 heteroatoms. The van der Waals surface area contributed by atoms with Crippen molar-refractivity contribution in [2.45, 2.75) is 44.6 Å². The summed E-state index contributed by atoms with van der Waals surface area (Å²) in [5, 5.41) is 6.65. The zero-order valence-electron chi connectivity index (χ0n) is 11.6. The van der Waals surface area contributed by atoms with Gasteiger partial charge in [0.15, 0.2) is 0 Å². The van der Waals surface area contributed by atoms with E-state index in [1.165, 1.54) is 32.1 Å². The van der Waals surface area contributed by atoms with E-state index >= 15 is 0 Å². The largest absolute Gasteiger partial charge is 0.344 e. The Morgan fingerprint density at radius 2 is 2.06 bits per heavy atom. The van der Waals surface area contributed by atoms with Crippen molar-refractivity contribution in [2.75, 3.05) is 33.2 Å². The molecule has 0 spiro atoms. The standard InChI is InChI=1S/C14H27N3O/c1-17(11-12-5-3-2-4-6-12)14(18)10-16-13-7-8-15-9-13/h12-13,15-16H,2-11H2,1H3. The lowest BCUT2D eigenvalue weighted by Gasteiger charge is -2.27. The molecule has 1 atom stereocenters. The van der Waals surface area contributed by atoms with Crippen LogP contribution in [-0.4, -0.2) is 50.1 Å².